The van der Waals surface area contributed by atoms with Crippen LogP contribution in [0.15, 0.2) is 18.2 Å². The van der Waals surface area contributed by atoms with Gasteiger partial charge in [0.15, 0.2) is 11.5 Å². The molecule has 24 heavy (non-hydrogen) atoms. The van der Waals surface area contributed by atoms with Gasteiger partial charge >= 0.3 is 12.0 Å². The van der Waals surface area contributed by atoms with Crippen molar-refractivity contribution in [3.63, 3.8) is 0 Å². The molecule has 0 aromatic heterocycles. The molecule has 0 spiro atoms. The van der Waals surface area contributed by atoms with Gasteiger partial charge in [0, 0.05) is 18.3 Å². The summed E-state index contributed by atoms with van der Waals surface area (Å²) in [5.41, 5.74) is 0.462. The van der Waals surface area contributed by atoms with Crippen molar-refractivity contribution in [2.75, 3.05) is 38.7 Å². The van der Waals surface area contributed by atoms with Gasteiger partial charge in [-0.25, -0.2) is 4.79 Å². The summed E-state index contributed by atoms with van der Waals surface area (Å²) in [6.45, 7) is 1.04. The molecular weight excluding hydrogens is 318 g/mol. The number of urea groups is 1. The van der Waals surface area contributed by atoms with Crippen molar-refractivity contribution in [2.24, 2.45) is 0 Å². The first-order valence-electron chi connectivity index (χ1n) is 7.35. The van der Waals surface area contributed by atoms with Gasteiger partial charge in [0.2, 0.25) is 5.91 Å². The summed E-state index contributed by atoms with van der Waals surface area (Å²) in [6, 6.07) is 4.24. The second-order valence-corrected chi connectivity index (χ2v) is 5.24. The molecule has 3 N–H and O–H groups in total. The van der Waals surface area contributed by atoms with E-state index in [1.807, 2.05) is 0 Å². The number of carboxylic acids is 1. The molecule has 3 amide bonds. The van der Waals surface area contributed by atoms with E-state index in [0.29, 0.717) is 30.4 Å². The average Bonchev–Trinajstić information content (AvgIpc) is 2.52. The number of imide groups is 1. The average molecular weight is 337 g/mol. The largest absolute Gasteiger partial charge is 0.486 e. The van der Waals surface area contributed by atoms with Crippen LogP contribution in [0, 0.1) is 0 Å². The first-order valence-corrected chi connectivity index (χ1v) is 7.35. The van der Waals surface area contributed by atoms with E-state index >= 15 is 0 Å². The Bertz CT molecular complexity index is 634. The lowest BCUT2D eigenvalue weighted by atomic mass is 10.2. The molecule has 130 valence electrons. The fourth-order valence-electron chi connectivity index (χ4n) is 2.06. The number of hydrogen-bond acceptors (Lipinski definition) is 6. The predicted octanol–water partition coefficient (Wildman–Crippen LogP) is 0.512. The minimum Gasteiger partial charge on any atom is -0.486 e. The lowest BCUT2D eigenvalue weighted by Crippen LogP contribution is -2.41. The standard InChI is InChI=1S/C15H19N3O6/c1-18(5-4-14(20)21)9-13(19)17-15(22)16-10-2-3-11-12(8-10)24-7-6-23-11/h2-3,8H,4-7,9H2,1H3,(H,20,21)(H2,16,17,19,22). The van der Waals surface area contributed by atoms with E-state index < -0.39 is 17.9 Å². The Morgan fingerprint density at radius 2 is 1.92 bits per heavy atom. The summed E-state index contributed by atoms with van der Waals surface area (Å²) in [5, 5.41) is 13.3. The van der Waals surface area contributed by atoms with Gasteiger partial charge < -0.3 is 19.9 Å². The van der Waals surface area contributed by atoms with Crippen LogP contribution in [-0.4, -0.2) is 61.3 Å². The van der Waals surface area contributed by atoms with Crippen molar-refractivity contribution in [1.29, 1.82) is 0 Å². The van der Waals surface area contributed by atoms with Crippen molar-refractivity contribution < 1.29 is 29.0 Å². The molecule has 0 saturated carbocycles. The van der Waals surface area contributed by atoms with Crippen LogP contribution in [0.1, 0.15) is 6.42 Å². The van der Waals surface area contributed by atoms with Gasteiger partial charge in [0.1, 0.15) is 13.2 Å². The zero-order valence-electron chi connectivity index (χ0n) is 13.2. The number of benzene rings is 1. The maximum absolute atomic E-state index is 11.8. The van der Waals surface area contributed by atoms with Gasteiger partial charge in [-0.3, -0.25) is 19.8 Å². The van der Waals surface area contributed by atoms with Crippen LogP contribution < -0.4 is 20.1 Å². The molecule has 0 fully saturated rings. The number of carbonyl (C=O) groups excluding carboxylic acids is 2. The van der Waals surface area contributed by atoms with Gasteiger partial charge in [-0.1, -0.05) is 0 Å². The molecule has 9 nitrogen and oxygen atoms in total. The van der Waals surface area contributed by atoms with Crippen LogP contribution in [0.2, 0.25) is 0 Å². The number of rotatable bonds is 6. The summed E-state index contributed by atoms with van der Waals surface area (Å²) in [5.74, 6) is -0.348. The second kappa shape index (κ2) is 8.16. The number of hydrogen-bond donors (Lipinski definition) is 3. The topological polar surface area (TPSA) is 117 Å². The van der Waals surface area contributed by atoms with Crippen LogP contribution in [0.25, 0.3) is 0 Å². The number of amides is 3. The summed E-state index contributed by atoms with van der Waals surface area (Å²) in [7, 11) is 1.60. The highest BCUT2D eigenvalue weighted by Gasteiger charge is 2.14. The smallest absolute Gasteiger partial charge is 0.325 e. The van der Waals surface area contributed by atoms with Crippen LogP contribution in [0.5, 0.6) is 11.5 Å². The molecule has 0 bridgehead atoms. The highest BCUT2D eigenvalue weighted by atomic mass is 16.6. The van der Waals surface area contributed by atoms with Crippen LogP contribution in [-0.2, 0) is 9.59 Å². The van der Waals surface area contributed by atoms with Crippen molar-refractivity contribution in [2.45, 2.75) is 6.42 Å². The zero-order valence-corrected chi connectivity index (χ0v) is 13.2. The Hall–Kier alpha value is -2.81. The molecule has 0 radical (unpaired) electrons. The number of carbonyl (C=O) groups is 3. The zero-order chi connectivity index (χ0) is 17.5. The Labute approximate surface area is 138 Å². The molecule has 1 aromatic rings. The Balaban J connectivity index is 1.80. The van der Waals surface area contributed by atoms with Crippen molar-refractivity contribution in [3.8, 4) is 11.5 Å². The summed E-state index contributed by atoms with van der Waals surface area (Å²) >= 11 is 0. The predicted molar refractivity (Wildman–Crippen MR) is 84.3 cm³/mol. The monoisotopic (exact) mass is 337 g/mol. The van der Waals surface area contributed by atoms with Gasteiger partial charge in [0.05, 0.1) is 13.0 Å². The number of nitrogens with one attached hydrogen (secondary N) is 2. The highest BCUT2D eigenvalue weighted by Crippen LogP contribution is 2.32. The normalized spacial score (nSPS) is 12.6. The van der Waals surface area contributed by atoms with Crippen LogP contribution in [0.4, 0.5) is 10.5 Å². The number of aliphatic carboxylic acids is 1. The molecule has 1 aromatic carbocycles. The molecule has 1 aliphatic rings. The summed E-state index contributed by atoms with van der Waals surface area (Å²) < 4.78 is 10.8. The SMILES string of the molecule is CN(CCC(=O)O)CC(=O)NC(=O)Nc1ccc2c(c1)OCCO2. The third-order valence-electron chi connectivity index (χ3n) is 3.17. The van der Waals surface area contributed by atoms with E-state index in [0.717, 1.165) is 0 Å². The minimum atomic E-state index is -0.946. The summed E-state index contributed by atoms with van der Waals surface area (Å²) in [4.78, 5) is 35.5. The fraction of sp³-hybridized carbons (Fsp3) is 0.400. The second-order valence-electron chi connectivity index (χ2n) is 5.24. The third-order valence-corrected chi connectivity index (χ3v) is 3.17. The van der Waals surface area contributed by atoms with Gasteiger partial charge in [-0.2, -0.15) is 0 Å². The minimum absolute atomic E-state index is 0.0762. The fourth-order valence-corrected chi connectivity index (χ4v) is 2.06. The Kier molecular flexibility index (Phi) is 5.96. The van der Waals surface area contributed by atoms with Crippen LogP contribution in [0.3, 0.4) is 0 Å². The molecule has 1 heterocycles. The number of anilines is 1. The van der Waals surface area contributed by atoms with Gasteiger partial charge in [0.25, 0.3) is 0 Å². The van der Waals surface area contributed by atoms with E-state index in [4.69, 9.17) is 14.6 Å². The van der Waals surface area contributed by atoms with Gasteiger partial charge in [-0.05, 0) is 19.2 Å². The Morgan fingerprint density at radius 3 is 2.62 bits per heavy atom. The summed E-state index contributed by atoms with van der Waals surface area (Å²) in [6.07, 6.45) is -0.0762. The molecule has 9 heteroatoms. The van der Waals surface area contributed by atoms with E-state index in [9.17, 15) is 14.4 Å². The first-order chi connectivity index (χ1) is 11.4. The van der Waals surface area contributed by atoms with Gasteiger partial charge in [-0.15, -0.1) is 0 Å². The highest BCUT2D eigenvalue weighted by molar-refractivity contribution is 6.01. The van der Waals surface area contributed by atoms with E-state index in [-0.39, 0.29) is 19.5 Å². The van der Waals surface area contributed by atoms with Crippen molar-refractivity contribution >= 4 is 23.6 Å². The molecular formula is C15H19N3O6. The lowest BCUT2D eigenvalue weighted by molar-refractivity contribution is -0.137. The number of carboxylic acid groups (broad SMARTS) is 1. The molecule has 0 unspecified atom stereocenters. The maximum atomic E-state index is 11.8. The van der Waals surface area contributed by atoms with E-state index in [1.165, 1.54) is 4.90 Å². The third kappa shape index (κ3) is 5.43. The van der Waals surface area contributed by atoms with E-state index in [1.54, 1.807) is 25.2 Å². The molecule has 0 saturated heterocycles. The maximum Gasteiger partial charge on any atom is 0.325 e. The molecule has 2 rings (SSSR count). The number of ether oxygens (including phenoxy) is 2. The van der Waals surface area contributed by atoms with Crippen molar-refractivity contribution in [1.82, 2.24) is 10.2 Å². The first kappa shape index (κ1) is 17.5. The van der Waals surface area contributed by atoms with Crippen LogP contribution >= 0.6 is 0 Å². The molecule has 0 atom stereocenters. The van der Waals surface area contributed by atoms with Crippen molar-refractivity contribution in [3.05, 3.63) is 18.2 Å². The molecule has 1 aliphatic heterocycles. The Morgan fingerprint density at radius 1 is 1.21 bits per heavy atom. The molecule has 0 aliphatic carbocycles. The lowest BCUT2D eigenvalue weighted by Gasteiger charge is -2.19. The number of likely N-dealkylation sites (N-methyl/N-ethyl adjacent to an activating group) is 1. The quantitative estimate of drug-likeness (QED) is 0.692. The number of nitrogens with zero attached hydrogens (tertiary/aromatic N) is 1. The number of fused-ring (bicyclic) bond motifs is 1. The van der Waals surface area contributed by atoms with E-state index in [2.05, 4.69) is 10.6 Å².